The van der Waals surface area contributed by atoms with E-state index in [0.717, 1.165) is 22.9 Å². The van der Waals surface area contributed by atoms with E-state index >= 15 is 0 Å². The van der Waals surface area contributed by atoms with Crippen molar-refractivity contribution in [2.45, 2.75) is 79.1 Å². The highest BCUT2D eigenvalue weighted by Crippen LogP contribution is 2.30. The van der Waals surface area contributed by atoms with E-state index in [1.807, 2.05) is 26.0 Å². The van der Waals surface area contributed by atoms with Gasteiger partial charge in [-0.15, -0.1) is 0 Å². The molecule has 1 aromatic heterocycles. The summed E-state index contributed by atoms with van der Waals surface area (Å²) in [5.74, 6) is 3.63. The van der Waals surface area contributed by atoms with Crippen molar-refractivity contribution in [3.05, 3.63) is 77.6 Å². The summed E-state index contributed by atoms with van der Waals surface area (Å²) in [6, 6.07) is 13.4. The lowest BCUT2D eigenvalue weighted by atomic mass is 9.85. The molecule has 4 nitrogen and oxygen atoms in total. The van der Waals surface area contributed by atoms with Crippen LogP contribution in [-0.4, -0.2) is 39.6 Å². The molecule has 1 aliphatic heterocycles. The topological polar surface area (TPSA) is 52.1 Å². The molecule has 0 bridgehead atoms. The molecule has 2 heterocycles. The van der Waals surface area contributed by atoms with Crippen molar-refractivity contribution in [2.24, 2.45) is 11.8 Å². The van der Waals surface area contributed by atoms with Gasteiger partial charge in [0.15, 0.2) is 0 Å². The number of hydrogen-bond acceptors (Lipinski definition) is 3. The van der Waals surface area contributed by atoms with Crippen molar-refractivity contribution in [2.75, 3.05) is 19.6 Å². The van der Waals surface area contributed by atoms with Gasteiger partial charge in [-0.25, -0.2) is 4.98 Å². The van der Waals surface area contributed by atoms with Crippen LogP contribution in [0.5, 0.6) is 5.75 Å². The molecule has 0 radical (unpaired) electrons. The molecule has 1 unspecified atom stereocenters. The maximum Gasteiger partial charge on any atom is 0.134 e. The van der Waals surface area contributed by atoms with Crippen LogP contribution in [-0.2, 0) is 0 Å². The highest BCUT2D eigenvalue weighted by atomic mass is 35.5. The second-order valence-electron chi connectivity index (χ2n) is 10.3. The zero-order valence-electron chi connectivity index (χ0n) is 24.8. The molecule has 1 atom stereocenters. The van der Waals surface area contributed by atoms with E-state index in [2.05, 4.69) is 61.5 Å². The molecule has 0 saturated carbocycles. The molecule has 214 valence electrons. The molecule has 1 aliphatic rings. The number of piperidine rings is 1. The molecular weight excluding hydrogens is 502 g/mol. The molecule has 0 spiro atoms. The number of aromatic nitrogens is 2. The van der Waals surface area contributed by atoms with Gasteiger partial charge in [0.05, 0.1) is 16.1 Å². The van der Waals surface area contributed by atoms with E-state index in [-0.39, 0.29) is 5.75 Å². The molecule has 0 aliphatic carbocycles. The van der Waals surface area contributed by atoms with E-state index in [4.69, 9.17) is 21.7 Å². The fraction of sp³-hybridized carbons (Fsp3) is 0.500. The van der Waals surface area contributed by atoms with E-state index in [1.54, 1.807) is 24.3 Å². The van der Waals surface area contributed by atoms with Gasteiger partial charge in [-0.2, -0.15) is 0 Å². The lowest BCUT2D eigenvalue weighted by Crippen LogP contribution is -2.37. The minimum absolute atomic E-state index is 0.104. The predicted molar refractivity (Wildman–Crippen MR) is 171 cm³/mol. The fourth-order valence-corrected chi connectivity index (χ4v) is 5.56. The number of nitrogens with one attached hydrogen (secondary N) is 1. The second kappa shape index (κ2) is 17.9. The zero-order valence-corrected chi connectivity index (χ0v) is 25.6. The number of aromatic amines is 1. The lowest BCUT2D eigenvalue weighted by Gasteiger charge is -2.35. The number of phenols is 1. The van der Waals surface area contributed by atoms with E-state index in [1.165, 1.54) is 69.5 Å². The molecule has 5 heteroatoms. The largest absolute Gasteiger partial charge is 0.506 e. The summed E-state index contributed by atoms with van der Waals surface area (Å²) in [6.07, 6.45) is 13.3. The minimum atomic E-state index is 0.104. The molecule has 39 heavy (non-hydrogen) atoms. The van der Waals surface area contributed by atoms with Crippen LogP contribution < -0.4 is 0 Å². The van der Waals surface area contributed by atoms with Crippen LogP contribution in [0.15, 0.2) is 61.2 Å². The van der Waals surface area contributed by atoms with Gasteiger partial charge in [0.2, 0.25) is 0 Å². The van der Waals surface area contributed by atoms with Gasteiger partial charge in [-0.1, -0.05) is 115 Å². The number of nitrogens with zero attached hydrogens (tertiary/aromatic N) is 2. The van der Waals surface area contributed by atoms with Crippen molar-refractivity contribution in [3.63, 3.8) is 0 Å². The highest BCUT2D eigenvalue weighted by Gasteiger charge is 2.25. The number of rotatable bonds is 10. The van der Waals surface area contributed by atoms with Gasteiger partial charge in [-0.05, 0) is 67.6 Å². The van der Waals surface area contributed by atoms with Crippen LogP contribution in [0.4, 0.5) is 0 Å². The smallest absolute Gasteiger partial charge is 0.134 e. The Bertz CT molecular complexity index is 1090. The fourth-order valence-electron chi connectivity index (χ4n) is 5.37. The number of likely N-dealkylation sites (tertiary alicyclic amines) is 1. The van der Waals surface area contributed by atoms with Gasteiger partial charge >= 0.3 is 0 Å². The Morgan fingerprint density at radius 2 is 1.77 bits per heavy atom. The third kappa shape index (κ3) is 10.5. The summed E-state index contributed by atoms with van der Waals surface area (Å²) >= 11 is 5.68. The predicted octanol–water partition coefficient (Wildman–Crippen LogP) is 9.87. The van der Waals surface area contributed by atoms with Crippen LogP contribution in [0.3, 0.4) is 0 Å². The number of H-pyrrole nitrogens is 1. The Morgan fingerprint density at radius 1 is 1.10 bits per heavy atom. The first-order chi connectivity index (χ1) is 18.9. The Hall–Kier alpha value is -2.56. The van der Waals surface area contributed by atoms with E-state index < -0.39 is 0 Å². The summed E-state index contributed by atoms with van der Waals surface area (Å²) in [4.78, 5) is 11.1. The summed E-state index contributed by atoms with van der Waals surface area (Å²) < 4.78 is 0. The van der Waals surface area contributed by atoms with Gasteiger partial charge in [0.1, 0.15) is 11.6 Å². The Kier molecular flexibility index (Phi) is 15.0. The number of benzene rings is 2. The van der Waals surface area contributed by atoms with Crippen molar-refractivity contribution in [1.29, 1.82) is 0 Å². The van der Waals surface area contributed by atoms with Crippen LogP contribution in [0, 0.1) is 11.8 Å². The van der Waals surface area contributed by atoms with Gasteiger partial charge < -0.3 is 15.0 Å². The number of hydrogen-bond donors (Lipinski definition) is 2. The summed E-state index contributed by atoms with van der Waals surface area (Å²) in [5, 5.41) is 9.46. The summed E-state index contributed by atoms with van der Waals surface area (Å²) in [6.45, 7) is 18.4. The van der Waals surface area contributed by atoms with Crippen LogP contribution in [0.1, 0.15) is 90.4 Å². The molecule has 3 aromatic rings. The van der Waals surface area contributed by atoms with Crippen molar-refractivity contribution in [1.82, 2.24) is 14.9 Å². The first kappa shape index (κ1) is 32.7. The number of aromatic hydroxyl groups is 1. The molecule has 2 N–H and O–H groups in total. The summed E-state index contributed by atoms with van der Waals surface area (Å²) in [7, 11) is 0. The average molecular weight is 552 g/mol. The number of halogens is 1. The SMILES string of the molecule is C=C/C=C/c1ccc(O)c(Cl)c1.CC.CCCC(CCC)C(C)CN1CCC(c2nc3ccccc3[nH]2)CC1. The monoisotopic (exact) mass is 551 g/mol. The summed E-state index contributed by atoms with van der Waals surface area (Å²) in [5.41, 5.74) is 3.23. The number of para-hydroxylation sites is 2. The normalized spacial score (nSPS) is 15.1. The van der Waals surface area contributed by atoms with Crippen LogP contribution in [0.25, 0.3) is 17.1 Å². The van der Waals surface area contributed by atoms with Crippen molar-refractivity contribution in [3.8, 4) is 5.75 Å². The van der Waals surface area contributed by atoms with Crippen LogP contribution >= 0.6 is 11.6 Å². The number of allylic oxidation sites excluding steroid dienone is 2. The molecule has 0 amide bonds. The Balaban J connectivity index is 0.000000320. The highest BCUT2D eigenvalue weighted by molar-refractivity contribution is 6.32. The number of imidazole rings is 1. The van der Waals surface area contributed by atoms with Crippen molar-refractivity contribution < 1.29 is 5.11 Å². The van der Waals surface area contributed by atoms with Crippen molar-refractivity contribution >= 4 is 28.7 Å². The number of phenolic OH excluding ortho intramolecular Hbond substituents is 1. The number of fused-ring (bicyclic) bond motifs is 1. The maximum atomic E-state index is 9.09. The van der Waals surface area contributed by atoms with Crippen LogP contribution in [0.2, 0.25) is 5.02 Å². The van der Waals surface area contributed by atoms with Gasteiger partial charge in [0.25, 0.3) is 0 Å². The zero-order chi connectivity index (χ0) is 28.6. The second-order valence-corrected chi connectivity index (χ2v) is 10.7. The lowest BCUT2D eigenvalue weighted by molar-refractivity contribution is 0.154. The minimum Gasteiger partial charge on any atom is -0.506 e. The van der Waals surface area contributed by atoms with E-state index in [9.17, 15) is 0 Å². The molecule has 2 aromatic carbocycles. The molecule has 4 rings (SSSR count). The maximum absolute atomic E-state index is 9.09. The standard InChI is InChI=1S/C22H35N3.C10H9ClO.C2H6/c1-4-8-18(9-5-2)17(3)16-25-14-12-19(13-15-25)22-23-20-10-6-7-11-21(20)24-22;1-2-3-4-8-5-6-10(12)9(11)7-8;1-2/h6-7,10-11,17-19H,4-5,8-9,12-16H2,1-3H3,(H,23,24);2-7,12H,1H2;1-2H3/b;4-3+;. The van der Waals surface area contributed by atoms with E-state index in [0.29, 0.717) is 10.9 Å². The third-order valence-corrected chi connectivity index (χ3v) is 7.75. The Labute approximate surface area is 242 Å². The molecule has 1 saturated heterocycles. The first-order valence-electron chi connectivity index (χ1n) is 14.9. The average Bonchev–Trinajstić information content (AvgIpc) is 3.40. The van der Waals surface area contributed by atoms with Gasteiger partial charge in [-0.3, -0.25) is 0 Å². The first-order valence-corrected chi connectivity index (χ1v) is 15.3. The third-order valence-electron chi connectivity index (χ3n) is 7.45. The van der Waals surface area contributed by atoms with Gasteiger partial charge in [0, 0.05) is 12.5 Å². The molecule has 1 fully saturated rings. The quantitative estimate of drug-likeness (QED) is 0.246. The Morgan fingerprint density at radius 3 is 2.36 bits per heavy atom. The molecular formula is C34H50ClN3O.